The normalized spacial score (nSPS) is 12.6. The number of imidazole rings is 1. The van der Waals surface area contributed by atoms with Crippen molar-refractivity contribution < 1.29 is 4.79 Å². The highest BCUT2D eigenvalue weighted by Gasteiger charge is 2.17. The van der Waals surface area contributed by atoms with Gasteiger partial charge in [0.2, 0.25) is 5.91 Å². The second-order valence-corrected chi connectivity index (χ2v) is 4.50. The van der Waals surface area contributed by atoms with Crippen molar-refractivity contribution in [3.63, 3.8) is 0 Å². The quantitative estimate of drug-likeness (QED) is 0.802. The summed E-state index contributed by atoms with van der Waals surface area (Å²) in [6.45, 7) is 3.86. The first kappa shape index (κ1) is 11.9. The predicted octanol–water partition coefficient (Wildman–Crippen LogP) is 2.31. The Morgan fingerprint density at radius 2 is 2.24 bits per heavy atom. The number of nitrogens with one attached hydrogen (secondary N) is 2. The van der Waals surface area contributed by atoms with Crippen LogP contribution in [-0.4, -0.2) is 22.5 Å². The molecule has 0 fully saturated rings. The summed E-state index contributed by atoms with van der Waals surface area (Å²) < 4.78 is 2.41. The monoisotopic (exact) mass is 249 g/mol. The van der Waals surface area contributed by atoms with Crippen LogP contribution in [0.1, 0.15) is 18.5 Å². The topological polar surface area (TPSA) is 49.8 Å². The van der Waals surface area contributed by atoms with Gasteiger partial charge in [0.25, 0.3) is 0 Å². The summed E-state index contributed by atoms with van der Waals surface area (Å²) in [6, 6.07) is 5.71. The number of hydrogen-bond donors (Lipinski definition) is 2. The van der Waals surface area contributed by atoms with Gasteiger partial charge in [-0.15, -0.1) is 0 Å². The number of likely N-dealkylation sites (N-methyl/N-ethyl adjacent to an activating group) is 1. The highest BCUT2D eigenvalue weighted by atomic mass is 32.1. The highest BCUT2D eigenvalue weighted by molar-refractivity contribution is 7.71. The largest absolute Gasteiger partial charge is 0.357 e. The molecule has 0 bridgehead atoms. The fraction of sp³-hybridized carbons (Fsp3) is 0.333. The molecule has 0 aliphatic rings. The molecule has 1 heterocycles. The summed E-state index contributed by atoms with van der Waals surface area (Å²) in [5.74, 6) is -0.0523. The molecule has 0 spiro atoms. The van der Waals surface area contributed by atoms with Crippen LogP contribution in [0.25, 0.3) is 11.0 Å². The smallest absolute Gasteiger partial charge is 0.242 e. The Balaban J connectivity index is 2.67. The van der Waals surface area contributed by atoms with E-state index in [1.54, 1.807) is 7.05 Å². The Morgan fingerprint density at radius 3 is 2.88 bits per heavy atom. The number of hydrogen-bond acceptors (Lipinski definition) is 2. The third-order valence-corrected chi connectivity index (χ3v) is 3.19. The van der Waals surface area contributed by atoms with Crippen LogP contribution in [0, 0.1) is 11.7 Å². The summed E-state index contributed by atoms with van der Waals surface area (Å²) in [5.41, 5.74) is 3.06. The van der Waals surface area contributed by atoms with E-state index in [0.717, 1.165) is 16.6 Å². The molecule has 2 N–H and O–H groups in total. The van der Waals surface area contributed by atoms with Crippen molar-refractivity contribution in [1.82, 2.24) is 14.9 Å². The Labute approximate surface area is 105 Å². The molecule has 2 aromatic rings. The number of H-pyrrole nitrogens is 1. The number of rotatable bonds is 2. The average Bonchev–Trinajstić information content (AvgIpc) is 2.62. The first-order valence-electron chi connectivity index (χ1n) is 5.47. The third kappa shape index (κ3) is 1.98. The minimum Gasteiger partial charge on any atom is -0.357 e. The van der Waals surface area contributed by atoms with Gasteiger partial charge in [-0.1, -0.05) is 6.07 Å². The molecule has 5 heteroatoms. The maximum Gasteiger partial charge on any atom is 0.242 e. The van der Waals surface area contributed by atoms with Gasteiger partial charge >= 0.3 is 0 Å². The number of benzene rings is 1. The molecule has 0 aliphatic carbocycles. The van der Waals surface area contributed by atoms with Gasteiger partial charge in [0.1, 0.15) is 6.04 Å². The molecular formula is C12H15N3OS. The zero-order valence-corrected chi connectivity index (χ0v) is 10.9. The zero-order valence-electron chi connectivity index (χ0n) is 10.1. The number of aryl methyl sites for hydroxylation is 1. The fourth-order valence-corrected chi connectivity index (χ4v) is 2.31. The van der Waals surface area contributed by atoms with Crippen LogP contribution >= 0.6 is 12.2 Å². The van der Waals surface area contributed by atoms with Gasteiger partial charge in [-0.3, -0.25) is 4.79 Å². The van der Waals surface area contributed by atoms with E-state index in [4.69, 9.17) is 12.2 Å². The van der Waals surface area contributed by atoms with E-state index in [1.165, 1.54) is 0 Å². The lowest BCUT2D eigenvalue weighted by Gasteiger charge is -2.12. The summed E-state index contributed by atoms with van der Waals surface area (Å²) in [4.78, 5) is 14.8. The number of fused-ring (bicyclic) bond motifs is 1. The van der Waals surface area contributed by atoms with Crippen LogP contribution in [0.4, 0.5) is 0 Å². The SMILES string of the molecule is CNC(=O)C(C)n1c(=S)[nH]c2ccc(C)cc21. The van der Waals surface area contributed by atoms with E-state index in [1.807, 2.05) is 36.6 Å². The lowest BCUT2D eigenvalue weighted by atomic mass is 10.2. The van der Waals surface area contributed by atoms with Crippen LogP contribution in [0.2, 0.25) is 0 Å². The molecule has 0 aliphatic heterocycles. The van der Waals surface area contributed by atoms with Gasteiger partial charge in [0.15, 0.2) is 4.77 Å². The maximum absolute atomic E-state index is 11.7. The van der Waals surface area contributed by atoms with E-state index < -0.39 is 0 Å². The zero-order chi connectivity index (χ0) is 12.6. The van der Waals surface area contributed by atoms with Crippen molar-refractivity contribution in [2.24, 2.45) is 0 Å². The second-order valence-electron chi connectivity index (χ2n) is 4.11. The highest BCUT2D eigenvalue weighted by Crippen LogP contribution is 2.20. The van der Waals surface area contributed by atoms with E-state index in [0.29, 0.717) is 4.77 Å². The molecule has 1 atom stereocenters. The molecule has 17 heavy (non-hydrogen) atoms. The Morgan fingerprint density at radius 1 is 1.53 bits per heavy atom. The van der Waals surface area contributed by atoms with Crippen LogP contribution < -0.4 is 5.32 Å². The van der Waals surface area contributed by atoms with Crippen molar-refractivity contribution in [3.05, 3.63) is 28.5 Å². The summed E-state index contributed by atoms with van der Waals surface area (Å²) in [5, 5.41) is 2.64. The van der Waals surface area contributed by atoms with E-state index in [2.05, 4.69) is 10.3 Å². The van der Waals surface area contributed by atoms with E-state index in [9.17, 15) is 4.79 Å². The Bertz CT molecular complexity index is 626. The van der Waals surface area contributed by atoms with Gasteiger partial charge < -0.3 is 14.9 Å². The number of carbonyl (C=O) groups is 1. The lowest BCUT2D eigenvalue weighted by molar-refractivity contribution is -0.123. The molecule has 4 nitrogen and oxygen atoms in total. The van der Waals surface area contributed by atoms with Gasteiger partial charge in [-0.2, -0.15) is 0 Å². The number of amides is 1. The van der Waals surface area contributed by atoms with Crippen LogP contribution in [0.15, 0.2) is 18.2 Å². The third-order valence-electron chi connectivity index (χ3n) is 2.89. The fourth-order valence-electron chi connectivity index (χ4n) is 1.94. The van der Waals surface area contributed by atoms with Gasteiger partial charge in [0.05, 0.1) is 11.0 Å². The molecule has 2 rings (SSSR count). The number of aromatic amines is 1. The van der Waals surface area contributed by atoms with Crippen LogP contribution in [0.5, 0.6) is 0 Å². The number of nitrogens with zero attached hydrogens (tertiary/aromatic N) is 1. The maximum atomic E-state index is 11.7. The summed E-state index contributed by atoms with van der Waals surface area (Å²) >= 11 is 5.27. The molecule has 1 aromatic carbocycles. The second kappa shape index (κ2) is 4.33. The molecule has 1 aromatic heterocycles. The molecule has 90 valence electrons. The minimum absolute atomic E-state index is 0.0523. The van der Waals surface area contributed by atoms with Gasteiger partial charge in [-0.25, -0.2) is 0 Å². The van der Waals surface area contributed by atoms with Gasteiger partial charge in [-0.05, 0) is 43.8 Å². The molecular weight excluding hydrogens is 234 g/mol. The van der Waals surface area contributed by atoms with Gasteiger partial charge in [0, 0.05) is 7.05 Å². The van der Waals surface area contributed by atoms with Crippen molar-refractivity contribution >= 4 is 29.2 Å². The molecule has 0 saturated carbocycles. The van der Waals surface area contributed by atoms with E-state index in [-0.39, 0.29) is 11.9 Å². The lowest BCUT2D eigenvalue weighted by Crippen LogP contribution is -2.27. The standard InChI is InChI=1S/C12H15N3OS/c1-7-4-5-9-10(6-7)15(12(17)14-9)8(2)11(16)13-3/h4-6,8H,1-3H3,(H,13,16)(H,14,17). The first-order chi connectivity index (χ1) is 8.04. The number of carbonyl (C=O) groups excluding carboxylic acids is 1. The molecule has 0 saturated heterocycles. The molecule has 1 amide bonds. The first-order valence-corrected chi connectivity index (χ1v) is 5.88. The summed E-state index contributed by atoms with van der Waals surface area (Å²) in [7, 11) is 1.63. The predicted molar refractivity (Wildman–Crippen MR) is 70.6 cm³/mol. The Hall–Kier alpha value is -1.62. The number of aromatic nitrogens is 2. The molecule has 0 radical (unpaired) electrons. The van der Waals surface area contributed by atoms with Crippen LogP contribution in [-0.2, 0) is 4.79 Å². The van der Waals surface area contributed by atoms with Crippen molar-refractivity contribution in [3.8, 4) is 0 Å². The van der Waals surface area contributed by atoms with Crippen molar-refractivity contribution in [2.45, 2.75) is 19.9 Å². The Kier molecular flexibility index (Phi) is 3.02. The van der Waals surface area contributed by atoms with Crippen molar-refractivity contribution in [2.75, 3.05) is 7.05 Å². The minimum atomic E-state index is -0.317. The average molecular weight is 249 g/mol. The molecule has 1 unspecified atom stereocenters. The summed E-state index contributed by atoms with van der Waals surface area (Å²) in [6.07, 6.45) is 0. The van der Waals surface area contributed by atoms with Crippen molar-refractivity contribution in [1.29, 1.82) is 0 Å². The van der Waals surface area contributed by atoms with E-state index >= 15 is 0 Å². The van der Waals surface area contributed by atoms with Crippen LogP contribution in [0.3, 0.4) is 0 Å².